The molecule has 0 spiro atoms. The topological polar surface area (TPSA) is 102 Å². The highest BCUT2D eigenvalue weighted by Crippen LogP contribution is 2.39. The van der Waals surface area contributed by atoms with Crippen molar-refractivity contribution in [2.45, 2.75) is 44.2 Å². The molecule has 0 bridgehead atoms. The van der Waals surface area contributed by atoms with Gasteiger partial charge in [-0.15, -0.1) is 0 Å². The number of carbonyl (C=O) groups is 2. The smallest absolute Gasteiger partial charge is 0.257 e. The number of methoxy groups -OCH3 is 2. The lowest BCUT2D eigenvalue weighted by molar-refractivity contribution is 0.0750. The van der Waals surface area contributed by atoms with Crippen LogP contribution in [0.15, 0.2) is 53.6 Å². The fourth-order valence-electron chi connectivity index (χ4n) is 6.19. The quantitative estimate of drug-likeness (QED) is 0.308. The maximum Gasteiger partial charge on any atom is 0.257 e. The fourth-order valence-corrected chi connectivity index (χ4v) is 6.19. The third-order valence-electron chi connectivity index (χ3n) is 8.44. The van der Waals surface area contributed by atoms with E-state index in [-0.39, 0.29) is 23.9 Å². The fraction of sp³-hybridized carbons (Fsp3) is 0.424. The molecule has 0 aromatic heterocycles. The predicted molar refractivity (Wildman–Crippen MR) is 165 cm³/mol. The summed E-state index contributed by atoms with van der Waals surface area (Å²) in [6.07, 6.45) is 5.89. The first-order valence-electron chi connectivity index (χ1n) is 14.8. The number of amides is 2. The number of benzene rings is 2. The number of aliphatic imine (C=N–C) groups is 1. The lowest BCUT2D eigenvalue weighted by Crippen LogP contribution is -2.36. The Hall–Kier alpha value is -4.47. The van der Waals surface area contributed by atoms with Gasteiger partial charge in [0.15, 0.2) is 23.0 Å². The van der Waals surface area contributed by atoms with E-state index in [9.17, 15) is 9.59 Å². The van der Waals surface area contributed by atoms with Crippen LogP contribution in [-0.2, 0) is 0 Å². The van der Waals surface area contributed by atoms with Gasteiger partial charge in [0.25, 0.3) is 11.8 Å². The summed E-state index contributed by atoms with van der Waals surface area (Å²) in [6, 6.07) is 7.19. The molecule has 2 saturated heterocycles. The Balaban J connectivity index is 1.01. The minimum atomic E-state index is -0.0684. The first kappa shape index (κ1) is 28.6. The number of nitrogens with one attached hydrogen (secondary N) is 1. The van der Waals surface area contributed by atoms with Gasteiger partial charge in [0, 0.05) is 38.0 Å². The van der Waals surface area contributed by atoms with E-state index in [4.69, 9.17) is 18.9 Å². The highest BCUT2D eigenvalue weighted by Gasteiger charge is 2.36. The second-order valence-electron chi connectivity index (χ2n) is 11.5. The highest BCUT2D eigenvalue weighted by molar-refractivity contribution is 6.04. The van der Waals surface area contributed by atoms with Crippen molar-refractivity contribution in [3.05, 3.63) is 59.7 Å². The molecule has 0 aliphatic carbocycles. The Kier molecular flexibility index (Phi) is 8.01. The Labute approximate surface area is 251 Å². The Bertz CT molecular complexity index is 1500. The number of carbonyl (C=O) groups excluding carboxylic acids is 2. The lowest BCUT2D eigenvalue weighted by Gasteiger charge is -2.21. The monoisotopic (exact) mass is 586 g/mol. The van der Waals surface area contributed by atoms with Crippen molar-refractivity contribution in [1.82, 2.24) is 9.80 Å². The Morgan fingerprint density at radius 1 is 0.814 bits per heavy atom. The van der Waals surface area contributed by atoms with Crippen molar-refractivity contribution in [2.75, 3.05) is 52.4 Å². The van der Waals surface area contributed by atoms with Crippen LogP contribution < -0.4 is 24.3 Å². The first-order valence-corrected chi connectivity index (χ1v) is 14.8. The molecule has 2 fully saturated rings. The van der Waals surface area contributed by atoms with E-state index in [2.05, 4.69) is 23.5 Å². The van der Waals surface area contributed by atoms with E-state index in [1.165, 1.54) is 0 Å². The first-order chi connectivity index (χ1) is 20.9. The van der Waals surface area contributed by atoms with Crippen molar-refractivity contribution in [3.8, 4) is 23.0 Å². The normalized spacial score (nSPS) is 20.5. The van der Waals surface area contributed by atoms with Crippen LogP contribution in [0, 0.1) is 0 Å². The third kappa shape index (κ3) is 5.66. The van der Waals surface area contributed by atoms with Crippen LogP contribution >= 0.6 is 0 Å². The maximum atomic E-state index is 13.2. The van der Waals surface area contributed by atoms with Gasteiger partial charge in [-0.05, 0) is 44.2 Å². The third-order valence-corrected chi connectivity index (χ3v) is 8.44. The summed E-state index contributed by atoms with van der Waals surface area (Å²) in [4.78, 5) is 34.7. The number of unbranched alkanes of at least 4 members (excludes halogenated alkanes) is 2. The van der Waals surface area contributed by atoms with Crippen molar-refractivity contribution in [2.24, 2.45) is 4.99 Å². The summed E-state index contributed by atoms with van der Waals surface area (Å²) in [5.41, 5.74) is 4.56. The van der Waals surface area contributed by atoms with Crippen LogP contribution in [0.1, 0.15) is 52.8 Å². The summed E-state index contributed by atoms with van der Waals surface area (Å²) < 4.78 is 23.3. The molecule has 6 rings (SSSR count). The summed E-state index contributed by atoms with van der Waals surface area (Å²) in [6.45, 7) is 10.9. The zero-order valence-corrected chi connectivity index (χ0v) is 24.8. The molecule has 226 valence electrons. The molecular weight excluding hydrogens is 548 g/mol. The van der Waals surface area contributed by atoms with Gasteiger partial charge in [0.2, 0.25) is 0 Å². The number of ether oxygens (including phenoxy) is 4. The highest BCUT2D eigenvalue weighted by atomic mass is 16.5. The molecule has 2 aromatic rings. The number of hydrogen-bond donors (Lipinski definition) is 1. The van der Waals surface area contributed by atoms with E-state index in [1.54, 1.807) is 37.3 Å². The van der Waals surface area contributed by atoms with Gasteiger partial charge in [-0.25, -0.2) is 0 Å². The van der Waals surface area contributed by atoms with Crippen LogP contribution in [0.5, 0.6) is 23.0 Å². The molecule has 0 saturated carbocycles. The SMILES string of the molecule is C=C1CC2C=Nc3cc(OCCCCCOc4cc5c(cc4OC)C(=O)N4CC(=C)CC4CN5)c(OC)cc3C(=O)N2C1. The number of anilines is 1. The molecule has 0 radical (unpaired) electrons. The number of rotatable bonds is 10. The molecule has 10 nitrogen and oxygen atoms in total. The standard InChI is InChI=1S/C33H38N4O6/c1-20-10-22-16-34-26-14-30(28(40-3)12-24(26)32(38)36(22)18-20)42-8-6-5-7-9-43-31-15-27-25(13-29(31)41-4)33(39)37-19-21(2)11-23(37)17-35-27/h12-16,22-23,35H,1-2,5-11,17-19H2,3-4H3. The van der Waals surface area contributed by atoms with E-state index in [0.717, 1.165) is 48.9 Å². The summed E-state index contributed by atoms with van der Waals surface area (Å²) in [7, 11) is 3.15. The minimum absolute atomic E-state index is 0.00960. The van der Waals surface area contributed by atoms with Crippen molar-refractivity contribution in [3.63, 3.8) is 0 Å². The molecule has 4 heterocycles. The van der Waals surface area contributed by atoms with Crippen molar-refractivity contribution < 1.29 is 28.5 Å². The number of hydrogen-bond acceptors (Lipinski definition) is 8. The van der Waals surface area contributed by atoms with Crippen molar-refractivity contribution in [1.29, 1.82) is 0 Å². The minimum Gasteiger partial charge on any atom is -0.493 e. The van der Waals surface area contributed by atoms with Gasteiger partial charge in [-0.1, -0.05) is 24.3 Å². The molecule has 1 N–H and O–H groups in total. The lowest BCUT2D eigenvalue weighted by atomic mass is 10.1. The Morgan fingerprint density at radius 3 is 2.16 bits per heavy atom. The van der Waals surface area contributed by atoms with Gasteiger partial charge in [-0.2, -0.15) is 0 Å². The van der Waals surface area contributed by atoms with E-state index in [0.29, 0.717) is 72.7 Å². The molecule has 4 aliphatic heterocycles. The van der Waals surface area contributed by atoms with Gasteiger partial charge >= 0.3 is 0 Å². The van der Waals surface area contributed by atoms with Crippen LogP contribution in [-0.4, -0.2) is 87.0 Å². The number of nitrogens with zero attached hydrogens (tertiary/aromatic N) is 3. The van der Waals surface area contributed by atoms with Gasteiger partial charge in [-0.3, -0.25) is 14.6 Å². The van der Waals surface area contributed by atoms with E-state index < -0.39 is 0 Å². The zero-order chi connectivity index (χ0) is 30.1. The number of fused-ring (bicyclic) bond motifs is 4. The maximum absolute atomic E-state index is 13.2. The predicted octanol–water partition coefficient (Wildman–Crippen LogP) is 5.01. The average Bonchev–Trinajstić information content (AvgIpc) is 3.51. The second kappa shape index (κ2) is 12.0. The largest absolute Gasteiger partial charge is 0.493 e. The van der Waals surface area contributed by atoms with Gasteiger partial charge < -0.3 is 34.1 Å². The van der Waals surface area contributed by atoms with Crippen molar-refractivity contribution >= 4 is 29.4 Å². The molecule has 43 heavy (non-hydrogen) atoms. The zero-order valence-electron chi connectivity index (χ0n) is 24.8. The van der Waals surface area contributed by atoms with Crippen LogP contribution in [0.3, 0.4) is 0 Å². The molecule has 2 atom stereocenters. The average molecular weight is 587 g/mol. The summed E-state index contributed by atoms with van der Waals surface area (Å²) in [5, 5.41) is 3.42. The Morgan fingerprint density at radius 2 is 1.44 bits per heavy atom. The van der Waals surface area contributed by atoms with E-state index >= 15 is 0 Å². The molecule has 2 aromatic carbocycles. The molecule has 4 aliphatic rings. The van der Waals surface area contributed by atoms with E-state index in [1.807, 2.05) is 17.2 Å². The van der Waals surface area contributed by atoms with Gasteiger partial charge in [0.05, 0.1) is 62.0 Å². The molecule has 2 unspecified atom stereocenters. The molecule has 10 heteroatoms. The van der Waals surface area contributed by atoms with Crippen LogP contribution in [0.25, 0.3) is 0 Å². The second-order valence-corrected chi connectivity index (χ2v) is 11.5. The van der Waals surface area contributed by atoms with Crippen LogP contribution in [0.2, 0.25) is 0 Å². The molecule has 2 amide bonds. The summed E-state index contributed by atoms with van der Waals surface area (Å²) in [5.74, 6) is 2.14. The van der Waals surface area contributed by atoms with Gasteiger partial charge in [0.1, 0.15) is 0 Å². The summed E-state index contributed by atoms with van der Waals surface area (Å²) >= 11 is 0. The van der Waals surface area contributed by atoms with Crippen LogP contribution in [0.4, 0.5) is 11.4 Å². The molecular formula is C33H38N4O6.